The molecule has 1 heterocycles. The van der Waals surface area contributed by atoms with E-state index in [4.69, 9.17) is 0 Å². The van der Waals surface area contributed by atoms with Gasteiger partial charge in [-0.25, -0.2) is 12.7 Å². The minimum Gasteiger partial charge on any atom is -0.303 e. The Bertz CT molecular complexity index is 598. The van der Waals surface area contributed by atoms with Crippen molar-refractivity contribution in [3.05, 3.63) is 35.4 Å². The van der Waals surface area contributed by atoms with Crippen LogP contribution in [0.15, 0.2) is 24.3 Å². The molecule has 130 valence electrons. The molecule has 0 N–H and O–H groups in total. The van der Waals surface area contributed by atoms with Crippen LogP contribution in [0, 0.1) is 12.8 Å². The van der Waals surface area contributed by atoms with Crippen molar-refractivity contribution in [2.24, 2.45) is 5.92 Å². The van der Waals surface area contributed by atoms with Crippen LogP contribution in [0.3, 0.4) is 0 Å². The number of nitrogens with zero attached hydrogens (tertiary/aromatic N) is 2. The smallest absolute Gasteiger partial charge is 0.211 e. The molecule has 2 rings (SSSR count). The molecule has 0 radical (unpaired) electrons. The van der Waals surface area contributed by atoms with Gasteiger partial charge in [-0.3, -0.25) is 0 Å². The fraction of sp³-hybridized carbons (Fsp3) is 0.667. The molecule has 1 aliphatic heterocycles. The maximum absolute atomic E-state index is 11.7. The second kappa shape index (κ2) is 7.77. The Hall–Kier alpha value is -0.910. The van der Waals surface area contributed by atoms with Gasteiger partial charge in [-0.15, -0.1) is 0 Å². The number of likely N-dealkylation sites (N-methyl/N-ethyl adjacent to an activating group) is 1. The molecule has 0 aliphatic carbocycles. The lowest BCUT2D eigenvalue weighted by Crippen LogP contribution is -2.44. The lowest BCUT2D eigenvalue weighted by Gasteiger charge is -2.35. The normalized spacial score (nSPS) is 21.5. The largest absolute Gasteiger partial charge is 0.303 e. The fourth-order valence-corrected chi connectivity index (χ4v) is 4.23. The fourth-order valence-electron chi connectivity index (χ4n) is 3.29. The third-order valence-corrected chi connectivity index (χ3v) is 6.17. The molecular weight excluding hydrogens is 308 g/mol. The van der Waals surface area contributed by atoms with Crippen molar-refractivity contribution in [3.8, 4) is 0 Å². The number of aryl methyl sites for hydroxylation is 1. The number of hydrogen-bond acceptors (Lipinski definition) is 3. The molecule has 23 heavy (non-hydrogen) atoms. The minimum absolute atomic E-state index is 0.434. The van der Waals surface area contributed by atoms with Gasteiger partial charge in [0, 0.05) is 25.7 Å². The van der Waals surface area contributed by atoms with Crippen molar-refractivity contribution in [1.29, 1.82) is 0 Å². The minimum atomic E-state index is -3.05. The third kappa shape index (κ3) is 5.59. The third-order valence-electron chi connectivity index (χ3n) is 4.90. The van der Waals surface area contributed by atoms with E-state index in [0.29, 0.717) is 25.0 Å². The Balaban J connectivity index is 1.87. The molecule has 2 atom stereocenters. The summed E-state index contributed by atoms with van der Waals surface area (Å²) in [5, 5.41) is 0. The zero-order chi connectivity index (χ0) is 17.0. The first-order valence-electron chi connectivity index (χ1n) is 8.46. The molecule has 0 saturated carbocycles. The van der Waals surface area contributed by atoms with E-state index >= 15 is 0 Å². The van der Waals surface area contributed by atoms with Crippen LogP contribution in [-0.2, 0) is 16.4 Å². The van der Waals surface area contributed by atoms with E-state index in [1.807, 2.05) is 0 Å². The standard InChI is InChI=1S/C18H30N2O2S/c1-15-7-9-17(10-8-15)12-16(2)19(3)13-18-6-5-11-20(14-18)23(4,21)22/h7-10,16,18H,5-6,11-14H2,1-4H3/t16-,18-/m1/s1. The molecule has 1 aliphatic rings. The summed E-state index contributed by atoms with van der Waals surface area (Å²) in [7, 11) is -0.902. The zero-order valence-electron chi connectivity index (χ0n) is 14.8. The highest BCUT2D eigenvalue weighted by atomic mass is 32.2. The van der Waals surface area contributed by atoms with E-state index in [9.17, 15) is 8.42 Å². The summed E-state index contributed by atoms with van der Waals surface area (Å²) in [5.41, 5.74) is 2.65. The molecule has 4 nitrogen and oxygen atoms in total. The van der Waals surface area contributed by atoms with Gasteiger partial charge in [0.25, 0.3) is 0 Å². The molecule has 1 aromatic rings. The predicted octanol–water partition coefficient (Wildman–Crippen LogP) is 2.53. The molecule has 0 amide bonds. The monoisotopic (exact) mass is 338 g/mol. The molecule has 0 unspecified atom stereocenters. The summed E-state index contributed by atoms with van der Waals surface area (Å²) in [5.74, 6) is 0.434. The lowest BCUT2D eigenvalue weighted by molar-refractivity contribution is 0.170. The molecule has 1 saturated heterocycles. The van der Waals surface area contributed by atoms with E-state index < -0.39 is 10.0 Å². The van der Waals surface area contributed by atoms with Crippen molar-refractivity contribution in [2.45, 2.75) is 39.2 Å². The number of sulfonamides is 1. The Morgan fingerprint density at radius 1 is 1.30 bits per heavy atom. The van der Waals surface area contributed by atoms with E-state index in [1.165, 1.54) is 17.4 Å². The van der Waals surface area contributed by atoms with Gasteiger partial charge < -0.3 is 4.90 Å². The van der Waals surface area contributed by atoms with Crippen LogP contribution >= 0.6 is 0 Å². The molecule has 0 aromatic heterocycles. The summed E-state index contributed by atoms with van der Waals surface area (Å²) >= 11 is 0. The van der Waals surface area contributed by atoms with Crippen molar-refractivity contribution in [3.63, 3.8) is 0 Å². The van der Waals surface area contributed by atoms with Crippen molar-refractivity contribution >= 4 is 10.0 Å². The van der Waals surface area contributed by atoms with Crippen molar-refractivity contribution < 1.29 is 8.42 Å². The average Bonchev–Trinajstić information content (AvgIpc) is 2.49. The van der Waals surface area contributed by atoms with Gasteiger partial charge in [-0.2, -0.15) is 0 Å². The highest BCUT2D eigenvalue weighted by molar-refractivity contribution is 7.88. The van der Waals surface area contributed by atoms with Crippen LogP contribution in [-0.4, -0.2) is 56.6 Å². The number of rotatable bonds is 6. The quantitative estimate of drug-likeness (QED) is 0.800. The summed E-state index contributed by atoms with van der Waals surface area (Å²) in [6.07, 6.45) is 4.43. The average molecular weight is 339 g/mol. The maximum Gasteiger partial charge on any atom is 0.211 e. The Morgan fingerprint density at radius 2 is 1.96 bits per heavy atom. The first-order chi connectivity index (χ1) is 10.8. The maximum atomic E-state index is 11.7. The Labute approximate surface area is 141 Å². The van der Waals surface area contributed by atoms with E-state index in [1.54, 1.807) is 4.31 Å². The van der Waals surface area contributed by atoms with Gasteiger partial charge in [0.15, 0.2) is 0 Å². The van der Waals surface area contributed by atoms with Crippen molar-refractivity contribution in [1.82, 2.24) is 9.21 Å². The first kappa shape index (κ1) is 18.4. The molecular formula is C18H30N2O2S. The van der Waals surface area contributed by atoms with E-state index in [-0.39, 0.29) is 0 Å². The van der Waals surface area contributed by atoms with Gasteiger partial charge in [0.1, 0.15) is 0 Å². The molecule has 1 aromatic carbocycles. The number of piperidine rings is 1. The van der Waals surface area contributed by atoms with Crippen LogP contribution in [0.1, 0.15) is 30.9 Å². The Kier molecular flexibility index (Phi) is 6.23. The molecule has 0 spiro atoms. The summed E-state index contributed by atoms with van der Waals surface area (Å²) in [4.78, 5) is 2.37. The van der Waals surface area contributed by atoms with Crippen LogP contribution < -0.4 is 0 Å². The molecule has 1 fully saturated rings. The first-order valence-corrected chi connectivity index (χ1v) is 10.3. The predicted molar refractivity (Wildman–Crippen MR) is 96.1 cm³/mol. The Morgan fingerprint density at radius 3 is 2.57 bits per heavy atom. The van der Waals surface area contributed by atoms with Crippen molar-refractivity contribution in [2.75, 3.05) is 32.9 Å². The van der Waals surface area contributed by atoms with E-state index in [0.717, 1.165) is 25.8 Å². The SMILES string of the molecule is Cc1ccc(C[C@@H](C)N(C)C[C@H]2CCCN(S(C)(=O)=O)C2)cc1. The molecule has 5 heteroatoms. The summed E-state index contributed by atoms with van der Waals surface area (Å²) in [6, 6.07) is 9.17. The van der Waals surface area contributed by atoms with Gasteiger partial charge in [-0.05, 0) is 51.6 Å². The number of benzene rings is 1. The molecule has 0 bridgehead atoms. The van der Waals surface area contributed by atoms with Crippen LogP contribution in [0.4, 0.5) is 0 Å². The summed E-state index contributed by atoms with van der Waals surface area (Å²) in [6.45, 7) is 6.66. The van der Waals surface area contributed by atoms with E-state index in [2.05, 4.69) is 50.1 Å². The second-order valence-electron chi connectivity index (χ2n) is 7.11. The second-order valence-corrected chi connectivity index (χ2v) is 9.09. The summed E-state index contributed by atoms with van der Waals surface area (Å²) < 4.78 is 25.1. The van der Waals surface area contributed by atoms with Crippen LogP contribution in [0.25, 0.3) is 0 Å². The number of hydrogen-bond donors (Lipinski definition) is 0. The van der Waals surface area contributed by atoms with Crippen LogP contribution in [0.2, 0.25) is 0 Å². The zero-order valence-corrected chi connectivity index (χ0v) is 15.6. The van der Waals surface area contributed by atoms with Gasteiger partial charge in [-0.1, -0.05) is 29.8 Å². The topological polar surface area (TPSA) is 40.6 Å². The van der Waals surface area contributed by atoms with Gasteiger partial charge >= 0.3 is 0 Å². The lowest BCUT2D eigenvalue weighted by atomic mass is 9.97. The van der Waals surface area contributed by atoms with Gasteiger partial charge in [0.2, 0.25) is 10.0 Å². The van der Waals surface area contributed by atoms with Crippen LogP contribution in [0.5, 0.6) is 0 Å². The van der Waals surface area contributed by atoms with Gasteiger partial charge in [0.05, 0.1) is 6.26 Å². The highest BCUT2D eigenvalue weighted by Gasteiger charge is 2.27. The highest BCUT2D eigenvalue weighted by Crippen LogP contribution is 2.20.